The molecule has 1 unspecified atom stereocenters. The minimum atomic E-state index is 0.402. The summed E-state index contributed by atoms with van der Waals surface area (Å²) in [6.45, 7) is 10.7. The van der Waals surface area contributed by atoms with E-state index in [1.807, 2.05) is 0 Å². The van der Waals surface area contributed by atoms with Crippen molar-refractivity contribution in [2.75, 3.05) is 19.6 Å². The zero-order chi connectivity index (χ0) is 13.7. The van der Waals surface area contributed by atoms with Crippen molar-refractivity contribution >= 4 is 0 Å². The zero-order valence-corrected chi connectivity index (χ0v) is 13.2. The first-order valence-corrected chi connectivity index (χ1v) is 8.51. The Hall–Kier alpha value is -0.0800. The molecule has 0 N–H and O–H groups in total. The van der Waals surface area contributed by atoms with Crippen LogP contribution in [0.4, 0.5) is 0 Å². The van der Waals surface area contributed by atoms with E-state index in [4.69, 9.17) is 4.74 Å². The van der Waals surface area contributed by atoms with Crippen LogP contribution in [-0.4, -0.2) is 36.7 Å². The van der Waals surface area contributed by atoms with Gasteiger partial charge < -0.3 is 9.64 Å². The molecule has 0 aromatic heterocycles. The van der Waals surface area contributed by atoms with E-state index in [1.54, 1.807) is 0 Å². The highest BCUT2D eigenvalue weighted by molar-refractivity contribution is 4.75. The average molecular weight is 267 g/mol. The van der Waals surface area contributed by atoms with Crippen LogP contribution in [-0.2, 0) is 4.74 Å². The molecule has 1 saturated heterocycles. The Morgan fingerprint density at radius 1 is 1.11 bits per heavy atom. The summed E-state index contributed by atoms with van der Waals surface area (Å²) < 4.78 is 5.93. The number of rotatable bonds is 6. The molecular weight excluding hydrogens is 234 g/mol. The SMILES string of the molecule is CC1CCN(CCC[C@H]2CC[C@H](OC(C)C)CC2)C1. The van der Waals surface area contributed by atoms with Gasteiger partial charge in [0, 0.05) is 6.54 Å². The predicted octanol–water partition coefficient (Wildman–Crippen LogP) is 4.09. The first-order valence-electron chi connectivity index (χ1n) is 8.51. The molecule has 1 aliphatic heterocycles. The van der Waals surface area contributed by atoms with Crippen LogP contribution >= 0.6 is 0 Å². The summed E-state index contributed by atoms with van der Waals surface area (Å²) in [6, 6.07) is 0. The second-order valence-electron chi connectivity index (χ2n) is 7.16. The fraction of sp³-hybridized carbons (Fsp3) is 1.00. The predicted molar refractivity (Wildman–Crippen MR) is 81.4 cm³/mol. The third-order valence-corrected chi connectivity index (χ3v) is 4.85. The normalized spacial score (nSPS) is 33.2. The fourth-order valence-corrected chi connectivity index (χ4v) is 3.77. The summed E-state index contributed by atoms with van der Waals surface area (Å²) in [6.07, 6.45) is 10.6. The Balaban J connectivity index is 1.53. The molecule has 0 bridgehead atoms. The summed E-state index contributed by atoms with van der Waals surface area (Å²) in [4.78, 5) is 2.66. The molecule has 0 aromatic rings. The fourth-order valence-electron chi connectivity index (χ4n) is 3.77. The van der Waals surface area contributed by atoms with Crippen LogP contribution in [0.1, 0.15) is 65.7 Å². The van der Waals surface area contributed by atoms with Crippen molar-refractivity contribution in [2.24, 2.45) is 11.8 Å². The van der Waals surface area contributed by atoms with Crippen molar-refractivity contribution in [1.82, 2.24) is 4.90 Å². The van der Waals surface area contributed by atoms with Gasteiger partial charge in [-0.05, 0) is 83.7 Å². The van der Waals surface area contributed by atoms with Crippen molar-refractivity contribution < 1.29 is 4.74 Å². The molecule has 0 aromatic carbocycles. The van der Waals surface area contributed by atoms with Crippen LogP contribution < -0.4 is 0 Å². The first kappa shape index (κ1) is 15.3. The van der Waals surface area contributed by atoms with Gasteiger partial charge in [0.25, 0.3) is 0 Å². The maximum atomic E-state index is 5.93. The molecule has 2 fully saturated rings. The summed E-state index contributed by atoms with van der Waals surface area (Å²) in [5.74, 6) is 1.91. The summed E-state index contributed by atoms with van der Waals surface area (Å²) in [5.41, 5.74) is 0. The smallest absolute Gasteiger partial charge is 0.0578 e. The molecule has 1 atom stereocenters. The minimum absolute atomic E-state index is 0.402. The monoisotopic (exact) mass is 267 g/mol. The minimum Gasteiger partial charge on any atom is -0.376 e. The molecule has 2 aliphatic rings. The van der Waals surface area contributed by atoms with Crippen LogP contribution in [0.2, 0.25) is 0 Å². The van der Waals surface area contributed by atoms with E-state index in [1.165, 1.54) is 64.6 Å². The van der Waals surface area contributed by atoms with Crippen molar-refractivity contribution in [3.8, 4) is 0 Å². The second-order valence-corrected chi connectivity index (χ2v) is 7.16. The van der Waals surface area contributed by atoms with Crippen LogP contribution in [0.3, 0.4) is 0 Å². The van der Waals surface area contributed by atoms with Gasteiger partial charge >= 0.3 is 0 Å². The van der Waals surface area contributed by atoms with Gasteiger partial charge in [-0.25, -0.2) is 0 Å². The highest BCUT2D eigenvalue weighted by Gasteiger charge is 2.23. The quantitative estimate of drug-likeness (QED) is 0.718. The molecule has 1 aliphatic carbocycles. The lowest BCUT2D eigenvalue weighted by molar-refractivity contribution is -0.0204. The van der Waals surface area contributed by atoms with E-state index < -0.39 is 0 Å². The third kappa shape index (κ3) is 5.43. The lowest BCUT2D eigenvalue weighted by Crippen LogP contribution is -2.25. The summed E-state index contributed by atoms with van der Waals surface area (Å²) in [7, 11) is 0. The van der Waals surface area contributed by atoms with Gasteiger partial charge in [-0.2, -0.15) is 0 Å². The topological polar surface area (TPSA) is 12.5 Å². The average Bonchev–Trinajstić information content (AvgIpc) is 2.77. The number of likely N-dealkylation sites (tertiary alicyclic amines) is 1. The molecule has 2 nitrogen and oxygen atoms in total. The number of ether oxygens (including phenoxy) is 1. The number of hydrogen-bond donors (Lipinski definition) is 0. The highest BCUT2D eigenvalue weighted by Crippen LogP contribution is 2.30. The van der Waals surface area contributed by atoms with E-state index in [-0.39, 0.29) is 0 Å². The molecule has 112 valence electrons. The maximum Gasteiger partial charge on any atom is 0.0578 e. The lowest BCUT2D eigenvalue weighted by atomic mass is 9.84. The van der Waals surface area contributed by atoms with Crippen LogP contribution in [0.25, 0.3) is 0 Å². The van der Waals surface area contributed by atoms with Crippen LogP contribution in [0.5, 0.6) is 0 Å². The number of hydrogen-bond acceptors (Lipinski definition) is 2. The molecule has 1 heterocycles. The Bertz CT molecular complexity index is 246. The summed E-state index contributed by atoms with van der Waals surface area (Å²) >= 11 is 0. The van der Waals surface area contributed by atoms with Crippen molar-refractivity contribution in [3.63, 3.8) is 0 Å². The van der Waals surface area contributed by atoms with E-state index >= 15 is 0 Å². The molecule has 2 heteroatoms. The Kier molecular flexibility index (Phi) is 6.15. The Morgan fingerprint density at radius 3 is 2.42 bits per heavy atom. The lowest BCUT2D eigenvalue weighted by Gasteiger charge is -2.30. The molecular formula is C17H33NO. The van der Waals surface area contributed by atoms with Crippen molar-refractivity contribution in [3.05, 3.63) is 0 Å². The first-order chi connectivity index (χ1) is 9.13. The van der Waals surface area contributed by atoms with Gasteiger partial charge in [-0.15, -0.1) is 0 Å². The summed E-state index contributed by atoms with van der Waals surface area (Å²) in [5, 5.41) is 0. The van der Waals surface area contributed by atoms with E-state index in [2.05, 4.69) is 25.7 Å². The van der Waals surface area contributed by atoms with E-state index in [0.717, 1.165) is 11.8 Å². The largest absolute Gasteiger partial charge is 0.376 e. The van der Waals surface area contributed by atoms with Gasteiger partial charge in [0.2, 0.25) is 0 Å². The zero-order valence-electron chi connectivity index (χ0n) is 13.2. The van der Waals surface area contributed by atoms with Crippen LogP contribution in [0, 0.1) is 11.8 Å². The standard InChI is InChI=1S/C17H33NO/c1-14(2)19-17-8-6-16(7-9-17)5-4-11-18-12-10-15(3)13-18/h14-17H,4-13H2,1-3H3/t15?,16-,17-. The maximum absolute atomic E-state index is 5.93. The molecule has 2 rings (SSSR count). The van der Waals surface area contributed by atoms with Gasteiger partial charge in [-0.3, -0.25) is 0 Å². The molecule has 1 saturated carbocycles. The second kappa shape index (κ2) is 7.64. The van der Waals surface area contributed by atoms with Gasteiger partial charge in [-0.1, -0.05) is 6.92 Å². The van der Waals surface area contributed by atoms with Crippen LogP contribution in [0.15, 0.2) is 0 Å². The molecule has 0 spiro atoms. The van der Waals surface area contributed by atoms with Gasteiger partial charge in [0.05, 0.1) is 12.2 Å². The highest BCUT2D eigenvalue weighted by atomic mass is 16.5. The number of nitrogens with zero attached hydrogens (tertiary/aromatic N) is 1. The van der Waals surface area contributed by atoms with E-state index in [9.17, 15) is 0 Å². The van der Waals surface area contributed by atoms with Crippen molar-refractivity contribution in [1.29, 1.82) is 0 Å². The molecule has 0 amide bonds. The van der Waals surface area contributed by atoms with Gasteiger partial charge in [0.1, 0.15) is 0 Å². The molecule has 19 heavy (non-hydrogen) atoms. The third-order valence-electron chi connectivity index (χ3n) is 4.85. The Morgan fingerprint density at radius 2 is 1.84 bits per heavy atom. The van der Waals surface area contributed by atoms with Gasteiger partial charge in [0.15, 0.2) is 0 Å². The molecule has 0 radical (unpaired) electrons. The Labute approximate surface area is 119 Å². The van der Waals surface area contributed by atoms with E-state index in [0.29, 0.717) is 12.2 Å². The van der Waals surface area contributed by atoms with Crippen molar-refractivity contribution in [2.45, 2.75) is 77.9 Å².